The largest absolute Gasteiger partial charge is 0.372 e. The number of fused-ring (bicyclic) bond motifs is 1. The average Bonchev–Trinajstić information content (AvgIpc) is 2.87. The van der Waals surface area contributed by atoms with Crippen molar-refractivity contribution < 1.29 is 0 Å². The van der Waals surface area contributed by atoms with Gasteiger partial charge in [-0.05, 0) is 13.5 Å². The molecule has 0 fully saturated rings. The van der Waals surface area contributed by atoms with Crippen LogP contribution < -0.4 is 5.32 Å². The Labute approximate surface area is 124 Å². The lowest BCUT2D eigenvalue weighted by Crippen LogP contribution is -2.28. The summed E-state index contributed by atoms with van der Waals surface area (Å²) < 4.78 is 1.75. The molecule has 2 heterocycles. The quantitative estimate of drug-likeness (QED) is 0.864. The Morgan fingerprint density at radius 1 is 1.48 bits per heavy atom. The predicted octanol–water partition coefficient (Wildman–Crippen LogP) is 1.39. The van der Waals surface area contributed by atoms with Crippen LogP contribution in [0.1, 0.15) is 19.7 Å². The Balaban J connectivity index is 2.29. The minimum atomic E-state index is -0.00541. The van der Waals surface area contributed by atoms with Gasteiger partial charge in [-0.25, -0.2) is 9.97 Å². The summed E-state index contributed by atoms with van der Waals surface area (Å²) >= 11 is 0. The highest BCUT2D eigenvalue weighted by Gasteiger charge is 2.14. The van der Waals surface area contributed by atoms with Crippen molar-refractivity contribution in [2.45, 2.75) is 20.4 Å². The number of nitriles is 1. The summed E-state index contributed by atoms with van der Waals surface area (Å²) in [6.45, 7) is 6.19. The molecular weight excluding hydrogens is 266 g/mol. The van der Waals surface area contributed by atoms with E-state index in [-0.39, 0.29) is 5.92 Å². The highest BCUT2D eigenvalue weighted by Crippen LogP contribution is 2.19. The fraction of sp³-hybridized carbons (Fsp3) is 0.571. The van der Waals surface area contributed by atoms with E-state index in [1.165, 1.54) is 0 Å². The molecule has 112 valence electrons. The molecule has 0 aromatic carbocycles. The maximum absolute atomic E-state index is 8.95. The van der Waals surface area contributed by atoms with Gasteiger partial charge in [0.05, 0.1) is 30.1 Å². The topological polar surface area (TPSA) is 82.7 Å². The van der Waals surface area contributed by atoms with Crippen LogP contribution in [-0.4, -0.2) is 44.8 Å². The van der Waals surface area contributed by atoms with E-state index in [2.05, 4.69) is 38.3 Å². The average molecular weight is 287 g/mol. The smallest absolute Gasteiger partial charge is 0.163 e. The highest BCUT2D eigenvalue weighted by molar-refractivity contribution is 5.86. The molecule has 2 rings (SSSR count). The SMILES string of the molecule is CCN(Cc1nc(NC)c2cnn(C)c2n1)CC(C)C#N. The van der Waals surface area contributed by atoms with E-state index in [1.54, 1.807) is 10.9 Å². The molecule has 1 unspecified atom stereocenters. The zero-order chi connectivity index (χ0) is 15.4. The molecule has 21 heavy (non-hydrogen) atoms. The summed E-state index contributed by atoms with van der Waals surface area (Å²) in [5, 5.41) is 17.2. The molecule has 1 atom stereocenters. The first-order valence-electron chi connectivity index (χ1n) is 7.07. The third kappa shape index (κ3) is 3.28. The minimum Gasteiger partial charge on any atom is -0.372 e. The molecule has 0 bridgehead atoms. The summed E-state index contributed by atoms with van der Waals surface area (Å²) in [5.74, 6) is 1.52. The van der Waals surface area contributed by atoms with Crippen LogP contribution in [0, 0.1) is 17.2 Å². The van der Waals surface area contributed by atoms with Gasteiger partial charge in [0.15, 0.2) is 5.65 Å². The molecule has 0 spiro atoms. The Bertz CT molecular complexity index is 655. The van der Waals surface area contributed by atoms with E-state index in [1.807, 2.05) is 21.0 Å². The van der Waals surface area contributed by atoms with Gasteiger partial charge in [-0.2, -0.15) is 10.4 Å². The Morgan fingerprint density at radius 2 is 2.24 bits per heavy atom. The number of nitrogens with zero attached hydrogens (tertiary/aromatic N) is 6. The standard InChI is InChI=1S/C14H21N7/c1-5-21(8-10(2)6-15)9-12-18-13(16-3)11-7-17-20(4)14(11)19-12/h7,10H,5,8-9H2,1-4H3,(H,16,18,19). The zero-order valence-electron chi connectivity index (χ0n) is 13.0. The molecule has 0 amide bonds. The Kier molecular flexibility index (Phi) is 4.70. The van der Waals surface area contributed by atoms with E-state index in [9.17, 15) is 0 Å². The third-order valence-electron chi connectivity index (χ3n) is 3.44. The van der Waals surface area contributed by atoms with E-state index < -0.39 is 0 Å². The van der Waals surface area contributed by atoms with Crippen LogP contribution in [-0.2, 0) is 13.6 Å². The van der Waals surface area contributed by atoms with Gasteiger partial charge >= 0.3 is 0 Å². The monoisotopic (exact) mass is 287 g/mol. The lowest BCUT2D eigenvalue weighted by molar-refractivity contribution is 0.254. The van der Waals surface area contributed by atoms with Crippen molar-refractivity contribution in [1.29, 1.82) is 5.26 Å². The maximum Gasteiger partial charge on any atom is 0.163 e. The maximum atomic E-state index is 8.95. The fourth-order valence-electron chi connectivity index (χ4n) is 2.26. The number of rotatable bonds is 6. The molecule has 7 nitrogen and oxygen atoms in total. The molecule has 1 N–H and O–H groups in total. The van der Waals surface area contributed by atoms with Crippen LogP contribution in [0.4, 0.5) is 5.82 Å². The van der Waals surface area contributed by atoms with Crippen molar-refractivity contribution in [2.24, 2.45) is 13.0 Å². The van der Waals surface area contributed by atoms with Gasteiger partial charge in [0.25, 0.3) is 0 Å². The molecule has 0 aliphatic rings. The molecular formula is C14H21N7. The summed E-state index contributed by atoms with van der Waals surface area (Å²) in [4.78, 5) is 11.3. The van der Waals surface area contributed by atoms with Crippen molar-refractivity contribution in [3.8, 4) is 6.07 Å². The van der Waals surface area contributed by atoms with E-state index in [0.29, 0.717) is 13.1 Å². The number of hydrogen-bond acceptors (Lipinski definition) is 6. The van der Waals surface area contributed by atoms with Crippen LogP contribution in [0.15, 0.2) is 6.20 Å². The number of aryl methyl sites for hydroxylation is 1. The molecule has 0 saturated heterocycles. The molecule has 0 radical (unpaired) electrons. The van der Waals surface area contributed by atoms with Crippen molar-refractivity contribution in [2.75, 3.05) is 25.5 Å². The van der Waals surface area contributed by atoms with Gasteiger partial charge < -0.3 is 5.32 Å². The van der Waals surface area contributed by atoms with E-state index in [4.69, 9.17) is 5.26 Å². The van der Waals surface area contributed by atoms with Gasteiger partial charge in [-0.15, -0.1) is 0 Å². The summed E-state index contributed by atoms with van der Waals surface area (Å²) in [5.41, 5.74) is 0.814. The van der Waals surface area contributed by atoms with Crippen molar-refractivity contribution >= 4 is 16.9 Å². The molecule has 0 aliphatic carbocycles. The normalized spacial score (nSPS) is 12.6. The first-order valence-corrected chi connectivity index (χ1v) is 7.07. The first kappa shape index (κ1) is 15.2. The number of nitrogens with one attached hydrogen (secondary N) is 1. The van der Waals surface area contributed by atoms with Crippen molar-refractivity contribution in [3.63, 3.8) is 0 Å². The number of aromatic nitrogens is 4. The predicted molar refractivity (Wildman–Crippen MR) is 81.6 cm³/mol. The first-order chi connectivity index (χ1) is 10.1. The lowest BCUT2D eigenvalue weighted by atomic mass is 10.2. The van der Waals surface area contributed by atoms with Gasteiger partial charge in [0.2, 0.25) is 0 Å². The summed E-state index contributed by atoms with van der Waals surface area (Å²) in [7, 11) is 3.71. The van der Waals surface area contributed by atoms with E-state index in [0.717, 1.165) is 29.2 Å². The summed E-state index contributed by atoms with van der Waals surface area (Å²) in [6.07, 6.45) is 1.76. The third-order valence-corrected chi connectivity index (χ3v) is 3.44. The Hall–Kier alpha value is -2.20. The van der Waals surface area contributed by atoms with Crippen LogP contribution in [0.2, 0.25) is 0 Å². The van der Waals surface area contributed by atoms with E-state index >= 15 is 0 Å². The van der Waals surface area contributed by atoms with Crippen LogP contribution in [0.5, 0.6) is 0 Å². The van der Waals surface area contributed by atoms with Crippen LogP contribution in [0.3, 0.4) is 0 Å². The molecule has 0 saturated carbocycles. The van der Waals surface area contributed by atoms with Crippen LogP contribution >= 0.6 is 0 Å². The van der Waals surface area contributed by atoms with Crippen LogP contribution in [0.25, 0.3) is 11.0 Å². The minimum absolute atomic E-state index is 0.00541. The lowest BCUT2D eigenvalue weighted by Gasteiger charge is -2.20. The second kappa shape index (κ2) is 6.50. The van der Waals surface area contributed by atoms with Crippen molar-refractivity contribution in [1.82, 2.24) is 24.6 Å². The molecule has 7 heteroatoms. The van der Waals surface area contributed by atoms with Gasteiger partial charge in [-0.1, -0.05) is 6.92 Å². The molecule has 0 aliphatic heterocycles. The summed E-state index contributed by atoms with van der Waals surface area (Å²) in [6, 6.07) is 2.26. The molecule has 2 aromatic heterocycles. The Morgan fingerprint density at radius 3 is 2.86 bits per heavy atom. The van der Waals surface area contributed by atoms with Crippen molar-refractivity contribution in [3.05, 3.63) is 12.0 Å². The fourth-order valence-corrected chi connectivity index (χ4v) is 2.26. The number of anilines is 1. The van der Waals surface area contributed by atoms with Gasteiger partial charge in [0.1, 0.15) is 11.6 Å². The second-order valence-electron chi connectivity index (χ2n) is 5.10. The number of hydrogen-bond donors (Lipinski definition) is 1. The second-order valence-corrected chi connectivity index (χ2v) is 5.10. The molecule has 2 aromatic rings. The van der Waals surface area contributed by atoms with Gasteiger partial charge in [-0.3, -0.25) is 9.58 Å². The highest BCUT2D eigenvalue weighted by atomic mass is 15.3. The van der Waals surface area contributed by atoms with Gasteiger partial charge in [0, 0.05) is 20.6 Å². The zero-order valence-corrected chi connectivity index (χ0v) is 13.0.